The molecular formula is C14H32N6O4. The van der Waals surface area contributed by atoms with Crippen LogP contribution in [-0.4, -0.2) is 47.2 Å². The largest absolute Gasteiger partial charge is 0.481 e. The maximum Gasteiger partial charge on any atom is 0.300 e. The van der Waals surface area contributed by atoms with Crippen LogP contribution in [0.25, 0.3) is 0 Å². The van der Waals surface area contributed by atoms with Gasteiger partial charge in [0.25, 0.3) is 11.9 Å². The van der Waals surface area contributed by atoms with Crippen molar-refractivity contribution in [2.45, 2.75) is 52.4 Å². The van der Waals surface area contributed by atoms with Crippen molar-refractivity contribution >= 4 is 23.9 Å². The van der Waals surface area contributed by atoms with Crippen molar-refractivity contribution in [1.82, 2.24) is 5.32 Å². The van der Waals surface area contributed by atoms with Gasteiger partial charge in [0.1, 0.15) is 0 Å². The molecule has 0 unspecified atom stereocenters. The molecule has 0 heterocycles. The lowest BCUT2D eigenvalue weighted by atomic mass is 10.1. The van der Waals surface area contributed by atoms with Crippen molar-refractivity contribution in [1.29, 1.82) is 5.41 Å². The highest BCUT2D eigenvalue weighted by Crippen LogP contribution is 2.04. The molecule has 0 aromatic carbocycles. The fraction of sp³-hybridized carbons (Fsp3) is 0.714. The van der Waals surface area contributed by atoms with Crippen LogP contribution >= 0.6 is 0 Å². The van der Waals surface area contributed by atoms with Crippen molar-refractivity contribution < 1.29 is 19.8 Å². The minimum absolute atomic E-state index is 0.0530. The highest BCUT2D eigenvalue weighted by Gasteiger charge is 1.92. The Morgan fingerprint density at radius 3 is 1.67 bits per heavy atom. The molecule has 0 atom stereocenters. The SMILES string of the molecule is CC(=O)O.CC(=O)O.N=C(N)NCCCCCCCCN=C(N)N. The van der Waals surface area contributed by atoms with Crippen molar-refractivity contribution in [3.8, 4) is 0 Å². The van der Waals surface area contributed by atoms with Crippen molar-refractivity contribution in [2.75, 3.05) is 13.1 Å². The second-order valence-corrected chi connectivity index (χ2v) is 4.81. The molecule has 10 heteroatoms. The highest BCUT2D eigenvalue weighted by atomic mass is 16.4. The average molecular weight is 348 g/mol. The molecule has 0 aromatic rings. The molecule has 0 aliphatic rings. The van der Waals surface area contributed by atoms with Gasteiger partial charge >= 0.3 is 0 Å². The molecule has 0 fully saturated rings. The Balaban J connectivity index is -0.000000457. The summed E-state index contributed by atoms with van der Waals surface area (Å²) < 4.78 is 0. The fourth-order valence-corrected chi connectivity index (χ4v) is 1.38. The minimum Gasteiger partial charge on any atom is -0.481 e. The van der Waals surface area contributed by atoms with E-state index in [-0.39, 0.29) is 11.9 Å². The molecule has 0 aliphatic carbocycles. The van der Waals surface area contributed by atoms with E-state index in [1.807, 2.05) is 0 Å². The molecule has 0 aromatic heterocycles. The Kier molecular flexibility index (Phi) is 22.5. The molecule has 0 rings (SSSR count). The maximum absolute atomic E-state index is 9.00. The van der Waals surface area contributed by atoms with Gasteiger partial charge in [-0.25, -0.2) is 0 Å². The Morgan fingerprint density at radius 2 is 1.29 bits per heavy atom. The summed E-state index contributed by atoms with van der Waals surface area (Å²) in [5.41, 5.74) is 15.6. The van der Waals surface area contributed by atoms with Crippen LogP contribution < -0.4 is 22.5 Å². The number of nitrogens with zero attached hydrogens (tertiary/aromatic N) is 1. The van der Waals surface area contributed by atoms with Crippen LogP contribution in [0.3, 0.4) is 0 Å². The molecule has 0 spiro atoms. The van der Waals surface area contributed by atoms with Gasteiger partial charge in [0, 0.05) is 26.9 Å². The number of nitrogens with one attached hydrogen (secondary N) is 2. The summed E-state index contributed by atoms with van der Waals surface area (Å²) in [6.07, 6.45) is 6.86. The second kappa shape index (κ2) is 20.5. The quantitative estimate of drug-likeness (QED) is 0.175. The van der Waals surface area contributed by atoms with E-state index in [0.29, 0.717) is 0 Å². The molecule has 0 saturated carbocycles. The van der Waals surface area contributed by atoms with Gasteiger partial charge in [0.15, 0.2) is 11.9 Å². The van der Waals surface area contributed by atoms with Crippen LogP contribution in [0.1, 0.15) is 52.4 Å². The lowest BCUT2D eigenvalue weighted by Crippen LogP contribution is -2.30. The number of rotatable bonds is 9. The molecule has 142 valence electrons. The highest BCUT2D eigenvalue weighted by molar-refractivity contribution is 5.75. The smallest absolute Gasteiger partial charge is 0.300 e. The number of carbonyl (C=O) groups is 2. The van der Waals surface area contributed by atoms with Crippen molar-refractivity contribution in [3.63, 3.8) is 0 Å². The van der Waals surface area contributed by atoms with Gasteiger partial charge in [-0.3, -0.25) is 20.0 Å². The molecule has 0 saturated heterocycles. The van der Waals surface area contributed by atoms with E-state index in [1.54, 1.807) is 0 Å². The van der Waals surface area contributed by atoms with Gasteiger partial charge in [0.05, 0.1) is 0 Å². The summed E-state index contributed by atoms with van der Waals surface area (Å²) >= 11 is 0. The molecule has 10 nitrogen and oxygen atoms in total. The number of hydrogen-bond acceptors (Lipinski definition) is 4. The minimum atomic E-state index is -0.833. The number of nitrogens with two attached hydrogens (primary N) is 3. The molecule has 0 amide bonds. The summed E-state index contributed by atoms with van der Waals surface area (Å²) in [4.78, 5) is 21.9. The Labute approximate surface area is 143 Å². The molecular weight excluding hydrogens is 316 g/mol. The summed E-state index contributed by atoms with van der Waals surface area (Å²) in [7, 11) is 0. The second-order valence-electron chi connectivity index (χ2n) is 4.81. The molecule has 0 bridgehead atoms. The van der Waals surface area contributed by atoms with E-state index in [0.717, 1.165) is 46.2 Å². The number of guanidine groups is 2. The van der Waals surface area contributed by atoms with Gasteiger partial charge in [-0.05, 0) is 12.8 Å². The lowest BCUT2D eigenvalue weighted by molar-refractivity contribution is -0.135. The molecule has 10 N–H and O–H groups in total. The average Bonchev–Trinajstić information content (AvgIpc) is 2.39. The first-order chi connectivity index (χ1) is 11.1. The third kappa shape index (κ3) is 60.6. The Hall–Kier alpha value is -2.52. The third-order valence-corrected chi connectivity index (χ3v) is 2.19. The normalized spacial score (nSPS) is 8.58. The number of carboxylic acids is 2. The Bertz CT molecular complexity index is 350. The summed E-state index contributed by atoms with van der Waals surface area (Å²) in [5.74, 6) is -1.44. The first-order valence-electron chi connectivity index (χ1n) is 7.61. The molecule has 0 aliphatic heterocycles. The van der Waals surface area contributed by atoms with Crippen LogP contribution in [0.5, 0.6) is 0 Å². The van der Waals surface area contributed by atoms with Crippen LogP contribution in [0.15, 0.2) is 4.99 Å². The number of hydrogen-bond donors (Lipinski definition) is 7. The van der Waals surface area contributed by atoms with Crippen LogP contribution in [0, 0.1) is 5.41 Å². The van der Waals surface area contributed by atoms with Crippen LogP contribution in [-0.2, 0) is 9.59 Å². The van der Waals surface area contributed by atoms with E-state index in [2.05, 4.69) is 10.3 Å². The van der Waals surface area contributed by atoms with Gasteiger partial charge < -0.3 is 32.7 Å². The topological polar surface area (TPSA) is 201 Å². The van der Waals surface area contributed by atoms with E-state index < -0.39 is 11.9 Å². The number of aliphatic imine (C=N–C) groups is 1. The third-order valence-electron chi connectivity index (χ3n) is 2.19. The van der Waals surface area contributed by atoms with Gasteiger partial charge in [-0.1, -0.05) is 25.7 Å². The zero-order chi connectivity index (χ0) is 19.4. The first kappa shape index (κ1) is 26.4. The summed E-state index contributed by atoms with van der Waals surface area (Å²) in [5, 5.41) is 24.6. The fourth-order valence-electron chi connectivity index (χ4n) is 1.38. The Morgan fingerprint density at radius 1 is 0.917 bits per heavy atom. The number of unbranched alkanes of at least 4 members (excludes halogenated alkanes) is 5. The molecule has 0 radical (unpaired) electrons. The lowest BCUT2D eigenvalue weighted by Gasteiger charge is -2.03. The number of aliphatic carboxylic acids is 2. The van der Waals surface area contributed by atoms with E-state index in [1.165, 1.54) is 19.3 Å². The first-order valence-corrected chi connectivity index (χ1v) is 7.61. The zero-order valence-corrected chi connectivity index (χ0v) is 14.5. The zero-order valence-electron chi connectivity index (χ0n) is 14.5. The van der Waals surface area contributed by atoms with Gasteiger partial charge in [-0.2, -0.15) is 0 Å². The monoisotopic (exact) mass is 348 g/mol. The van der Waals surface area contributed by atoms with E-state index in [4.69, 9.17) is 42.4 Å². The summed E-state index contributed by atoms with van der Waals surface area (Å²) in [6, 6.07) is 0. The standard InChI is InChI=1S/C10H24N6.2C2H4O2/c11-9(12)15-7-5-3-1-2-4-6-8-16-10(13)14;2*1-2(3)4/h1-8H2,(H4,11,12,15)(H4,13,14,16);2*1H3,(H,3,4). The van der Waals surface area contributed by atoms with E-state index in [9.17, 15) is 0 Å². The van der Waals surface area contributed by atoms with Gasteiger partial charge in [-0.15, -0.1) is 0 Å². The predicted molar refractivity (Wildman–Crippen MR) is 94.9 cm³/mol. The molecule has 24 heavy (non-hydrogen) atoms. The van der Waals surface area contributed by atoms with Gasteiger partial charge in [0.2, 0.25) is 0 Å². The predicted octanol–water partition coefficient (Wildman–Crippen LogP) is 0.265. The van der Waals surface area contributed by atoms with E-state index >= 15 is 0 Å². The maximum atomic E-state index is 9.00. The van der Waals surface area contributed by atoms with Crippen molar-refractivity contribution in [2.24, 2.45) is 22.2 Å². The van der Waals surface area contributed by atoms with Crippen LogP contribution in [0.2, 0.25) is 0 Å². The summed E-state index contributed by atoms with van der Waals surface area (Å²) in [6.45, 7) is 3.69. The van der Waals surface area contributed by atoms with Crippen LogP contribution in [0.4, 0.5) is 0 Å². The number of carboxylic acid groups (broad SMARTS) is 2. The van der Waals surface area contributed by atoms with Crippen molar-refractivity contribution in [3.05, 3.63) is 0 Å².